The summed E-state index contributed by atoms with van der Waals surface area (Å²) in [7, 11) is 0. The largest absolute Gasteiger partial charge is 0.503 e. The van der Waals surface area contributed by atoms with E-state index >= 15 is 0 Å². The van der Waals surface area contributed by atoms with E-state index < -0.39 is 23.5 Å². The number of carbonyl (C=O) groups is 2. The average molecular weight is 484 g/mol. The normalized spacial score (nSPS) is 15.6. The average Bonchev–Trinajstić information content (AvgIpc) is 3.44. The lowest BCUT2D eigenvalue weighted by molar-refractivity contribution is -0.117. The summed E-state index contributed by atoms with van der Waals surface area (Å²) in [5.74, 6) is -0.552. The van der Waals surface area contributed by atoms with Crippen molar-refractivity contribution in [3.63, 3.8) is 0 Å². The lowest BCUT2D eigenvalue weighted by Crippen LogP contribution is -2.31. The molecule has 0 radical (unpaired) electrons. The van der Waals surface area contributed by atoms with Crippen LogP contribution in [0.15, 0.2) is 94.6 Å². The number of furan rings is 1. The van der Waals surface area contributed by atoms with Crippen LogP contribution < -0.4 is 14.4 Å². The summed E-state index contributed by atoms with van der Waals surface area (Å²) in [4.78, 5) is 28.6. The molecule has 0 fully saturated rings. The number of nitrogens with zero attached hydrogens (tertiary/aromatic N) is 1. The predicted octanol–water partition coefficient (Wildman–Crippen LogP) is 6.01. The SMILES string of the molecule is CCOc1ccc(N2C(=O)C(O)=C(C(=O)c3cc4ccccc4o3)C2c2cccc(OCC)c2)cc1. The van der Waals surface area contributed by atoms with Gasteiger partial charge in [0.15, 0.2) is 11.5 Å². The summed E-state index contributed by atoms with van der Waals surface area (Å²) in [6.07, 6.45) is 0. The van der Waals surface area contributed by atoms with E-state index in [9.17, 15) is 14.7 Å². The van der Waals surface area contributed by atoms with Crippen LogP contribution in [0.2, 0.25) is 0 Å². The van der Waals surface area contributed by atoms with Crippen molar-refractivity contribution in [2.45, 2.75) is 19.9 Å². The Balaban J connectivity index is 1.63. The van der Waals surface area contributed by atoms with Gasteiger partial charge < -0.3 is 19.0 Å². The molecule has 0 bridgehead atoms. The van der Waals surface area contributed by atoms with Crippen LogP contribution in [0.3, 0.4) is 0 Å². The molecule has 1 atom stereocenters. The van der Waals surface area contributed by atoms with Crippen LogP contribution >= 0.6 is 0 Å². The van der Waals surface area contributed by atoms with Crippen LogP contribution in [0.25, 0.3) is 11.0 Å². The first-order valence-electron chi connectivity index (χ1n) is 11.8. The number of ether oxygens (including phenoxy) is 2. The number of amides is 1. The Labute approximate surface area is 208 Å². The third kappa shape index (κ3) is 4.09. The Morgan fingerprint density at radius 3 is 2.36 bits per heavy atom. The Kier molecular flexibility index (Phi) is 6.21. The van der Waals surface area contributed by atoms with Gasteiger partial charge in [-0.3, -0.25) is 14.5 Å². The van der Waals surface area contributed by atoms with Gasteiger partial charge in [0.2, 0.25) is 5.78 Å². The molecule has 0 saturated heterocycles. The minimum absolute atomic E-state index is 0.0463. The molecule has 1 aromatic heterocycles. The van der Waals surface area contributed by atoms with Crippen molar-refractivity contribution < 1.29 is 28.6 Å². The van der Waals surface area contributed by atoms with Crippen molar-refractivity contribution in [2.75, 3.05) is 18.1 Å². The van der Waals surface area contributed by atoms with Crippen molar-refractivity contribution in [3.05, 3.63) is 102 Å². The highest BCUT2D eigenvalue weighted by Crippen LogP contribution is 2.43. The number of aliphatic hydroxyl groups excluding tert-OH is 1. The molecule has 1 amide bonds. The molecule has 2 heterocycles. The molecule has 182 valence electrons. The third-order valence-electron chi connectivity index (χ3n) is 6.01. The standard InChI is InChI=1S/C29H25NO6/c1-3-34-21-14-12-20(13-15-21)30-26(19-9-7-10-22(16-19)35-4-2)25(28(32)29(30)33)27(31)24-17-18-8-5-6-11-23(18)36-24/h5-17,26,32H,3-4H2,1-2H3. The number of benzene rings is 3. The van der Waals surface area contributed by atoms with Crippen molar-refractivity contribution >= 4 is 28.3 Å². The Hall–Kier alpha value is -4.52. The maximum Gasteiger partial charge on any atom is 0.294 e. The fourth-order valence-electron chi connectivity index (χ4n) is 4.46. The highest BCUT2D eigenvalue weighted by Gasteiger charge is 2.45. The Morgan fingerprint density at radius 2 is 1.64 bits per heavy atom. The molecule has 0 aliphatic carbocycles. The second-order valence-electron chi connectivity index (χ2n) is 8.25. The Bertz CT molecular complexity index is 1430. The van der Waals surface area contributed by atoms with Crippen LogP contribution in [0.1, 0.15) is 36.0 Å². The first kappa shape index (κ1) is 23.2. The van der Waals surface area contributed by atoms with E-state index in [1.807, 2.05) is 32.0 Å². The van der Waals surface area contributed by atoms with E-state index in [0.29, 0.717) is 41.5 Å². The zero-order valence-electron chi connectivity index (χ0n) is 19.9. The predicted molar refractivity (Wildman–Crippen MR) is 136 cm³/mol. The highest BCUT2D eigenvalue weighted by molar-refractivity contribution is 6.20. The van der Waals surface area contributed by atoms with Crippen molar-refractivity contribution in [1.29, 1.82) is 0 Å². The van der Waals surface area contributed by atoms with E-state index in [2.05, 4.69) is 0 Å². The number of carbonyl (C=O) groups excluding carboxylic acids is 2. The molecule has 7 nitrogen and oxygen atoms in total. The van der Waals surface area contributed by atoms with Crippen molar-refractivity contribution in [3.8, 4) is 11.5 Å². The summed E-state index contributed by atoms with van der Waals surface area (Å²) in [5.41, 5.74) is 1.62. The molecule has 36 heavy (non-hydrogen) atoms. The van der Waals surface area contributed by atoms with Crippen LogP contribution in [-0.4, -0.2) is 30.0 Å². The van der Waals surface area contributed by atoms with E-state index in [1.54, 1.807) is 60.7 Å². The lowest BCUT2D eigenvalue weighted by atomic mass is 9.94. The first-order chi connectivity index (χ1) is 17.5. The van der Waals surface area contributed by atoms with Gasteiger partial charge in [0.25, 0.3) is 5.91 Å². The summed E-state index contributed by atoms with van der Waals surface area (Å²) >= 11 is 0. The van der Waals surface area contributed by atoms with Gasteiger partial charge in [0.1, 0.15) is 17.1 Å². The van der Waals surface area contributed by atoms with Gasteiger partial charge >= 0.3 is 0 Å². The van der Waals surface area contributed by atoms with E-state index in [-0.39, 0.29) is 11.3 Å². The number of para-hydroxylation sites is 1. The lowest BCUT2D eigenvalue weighted by Gasteiger charge is -2.27. The monoisotopic (exact) mass is 483 g/mol. The van der Waals surface area contributed by atoms with Crippen molar-refractivity contribution in [2.24, 2.45) is 0 Å². The number of fused-ring (bicyclic) bond motifs is 1. The molecule has 1 aliphatic heterocycles. The number of rotatable bonds is 8. The minimum Gasteiger partial charge on any atom is -0.503 e. The number of anilines is 1. The molecule has 1 aliphatic rings. The summed E-state index contributed by atoms with van der Waals surface area (Å²) in [6, 6.07) is 22.1. The third-order valence-corrected chi connectivity index (χ3v) is 6.01. The molecule has 0 saturated carbocycles. The number of hydrogen-bond acceptors (Lipinski definition) is 6. The van der Waals surface area contributed by atoms with Gasteiger partial charge in [-0.05, 0) is 67.9 Å². The second kappa shape index (κ2) is 9.62. The quantitative estimate of drug-likeness (QED) is 0.309. The van der Waals surface area contributed by atoms with Gasteiger partial charge in [0, 0.05) is 11.1 Å². The zero-order valence-corrected chi connectivity index (χ0v) is 19.9. The molecule has 1 N–H and O–H groups in total. The van der Waals surface area contributed by atoms with Crippen LogP contribution in [0, 0.1) is 0 Å². The summed E-state index contributed by atoms with van der Waals surface area (Å²) < 4.78 is 17.0. The smallest absolute Gasteiger partial charge is 0.294 e. The number of ketones is 1. The first-order valence-corrected chi connectivity index (χ1v) is 11.8. The maximum absolute atomic E-state index is 13.7. The fourth-order valence-corrected chi connectivity index (χ4v) is 4.46. The number of Topliss-reactive ketones (excluding diaryl/α,β-unsaturated/α-hetero) is 1. The van der Waals surface area contributed by atoms with Gasteiger partial charge in [0.05, 0.1) is 24.8 Å². The second-order valence-corrected chi connectivity index (χ2v) is 8.25. The molecule has 7 heteroatoms. The molecule has 1 unspecified atom stereocenters. The van der Waals surface area contributed by atoms with Gasteiger partial charge in [-0.25, -0.2) is 0 Å². The molecule has 3 aromatic carbocycles. The summed E-state index contributed by atoms with van der Waals surface area (Å²) in [6.45, 7) is 4.73. The molecular weight excluding hydrogens is 458 g/mol. The Morgan fingerprint density at radius 1 is 0.917 bits per heavy atom. The highest BCUT2D eigenvalue weighted by atomic mass is 16.5. The number of aliphatic hydroxyl groups is 1. The van der Waals surface area contributed by atoms with Gasteiger partial charge in [-0.2, -0.15) is 0 Å². The zero-order chi connectivity index (χ0) is 25.2. The molecule has 4 aromatic rings. The maximum atomic E-state index is 13.7. The van der Waals surface area contributed by atoms with Crippen molar-refractivity contribution in [1.82, 2.24) is 0 Å². The van der Waals surface area contributed by atoms with E-state index in [1.165, 1.54) is 4.90 Å². The van der Waals surface area contributed by atoms with Crippen LogP contribution in [0.4, 0.5) is 5.69 Å². The molecule has 0 spiro atoms. The molecular formula is C29H25NO6. The topological polar surface area (TPSA) is 89.2 Å². The van der Waals surface area contributed by atoms with E-state index in [4.69, 9.17) is 13.9 Å². The van der Waals surface area contributed by atoms with E-state index in [0.717, 1.165) is 5.39 Å². The fraction of sp³-hybridized carbons (Fsp3) is 0.172. The summed E-state index contributed by atoms with van der Waals surface area (Å²) in [5, 5.41) is 11.8. The van der Waals surface area contributed by atoms with Gasteiger partial charge in [-0.15, -0.1) is 0 Å². The van der Waals surface area contributed by atoms with Crippen LogP contribution in [0.5, 0.6) is 11.5 Å². The number of hydrogen-bond donors (Lipinski definition) is 1. The van der Waals surface area contributed by atoms with Gasteiger partial charge in [-0.1, -0.05) is 30.3 Å². The van der Waals surface area contributed by atoms with Crippen LogP contribution in [-0.2, 0) is 4.79 Å². The minimum atomic E-state index is -0.892. The molecule has 5 rings (SSSR count).